The first-order valence-electron chi connectivity index (χ1n) is 7.58. The Balaban J connectivity index is 2.21. The van der Waals surface area contributed by atoms with Crippen molar-refractivity contribution in [3.05, 3.63) is 29.8 Å². The summed E-state index contributed by atoms with van der Waals surface area (Å²) in [5, 5.41) is 3.33. The molecule has 2 heteroatoms. The number of nitrogens with zero attached hydrogens (tertiary/aromatic N) is 1. The van der Waals surface area contributed by atoms with E-state index in [0.29, 0.717) is 0 Å². The lowest BCUT2D eigenvalue weighted by molar-refractivity contribution is 0.270. The van der Waals surface area contributed by atoms with E-state index in [-0.39, 0.29) is 5.54 Å². The van der Waals surface area contributed by atoms with E-state index in [9.17, 15) is 0 Å². The summed E-state index contributed by atoms with van der Waals surface area (Å²) >= 11 is 0. The van der Waals surface area contributed by atoms with E-state index in [4.69, 9.17) is 0 Å². The number of para-hydroxylation sites is 1. The molecule has 1 saturated heterocycles. The molecular weight excluding hydrogens is 232 g/mol. The molecule has 1 aromatic carbocycles. The fourth-order valence-corrected chi connectivity index (χ4v) is 3.52. The molecule has 0 aliphatic carbocycles. The van der Waals surface area contributed by atoms with Gasteiger partial charge in [-0.3, -0.25) is 0 Å². The molecule has 0 bridgehead atoms. The summed E-state index contributed by atoms with van der Waals surface area (Å²) < 4.78 is 0. The topological polar surface area (TPSA) is 15.3 Å². The molecule has 0 aromatic heterocycles. The fraction of sp³-hybridized carbons (Fsp3) is 0.647. The highest BCUT2D eigenvalue weighted by Crippen LogP contribution is 2.36. The number of rotatable bonds is 4. The first-order valence-corrected chi connectivity index (χ1v) is 7.58. The molecule has 1 aliphatic heterocycles. The summed E-state index contributed by atoms with van der Waals surface area (Å²) in [5.74, 6) is 0.810. The van der Waals surface area contributed by atoms with Gasteiger partial charge in [-0.2, -0.15) is 0 Å². The van der Waals surface area contributed by atoms with Crippen molar-refractivity contribution in [2.24, 2.45) is 5.92 Å². The molecule has 2 nitrogen and oxygen atoms in total. The SMILES string of the molecule is CCc1ccccc1N1CCC(CNC)CC1(C)C. The van der Waals surface area contributed by atoms with Crippen molar-refractivity contribution in [3.63, 3.8) is 0 Å². The standard InChI is InChI=1S/C17H28N2/c1-5-15-8-6-7-9-16(15)19-11-10-14(13-18-4)12-17(19,2)3/h6-9,14,18H,5,10-13H2,1-4H3. The molecule has 1 fully saturated rings. The van der Waals surface area contributed by atoms with Crippen LogP contribution in [0, 0.1) is 5.92 Å². The van der Waals surface area contributed by atoms with Crippen molar-refractivity contribution in [1.29, 1.82) is 0 Å². The van der Waals surface area contributed by atoms with Gasteiger partial charge in [0.15, 0.2) is 0 Å². The average Bonchev–Trinajstić information content (AvgIpc) is 2.38. The van der Waals surface area contributed by atoms with E-state index in [1.807, 2.05) is 0 Å². The van der Waals surface area contributed by atoms with Crippen LogP contribution in [0.4, 0.5) is 5.69 Å². The fourth-order valence-electron chi connectivity index (χ4n) is 3.52. The van der Waals surface area contributed by atoms with Gasteiger partial charge in [0.2, 0.25) is 0 Å². The third-order valence-electron chi connectivity index (χ3n) is 4.44. The van der Waals surface area contributed by atoms with E-state index >= 15 is 0 Å². The Kier molecular flexibility index (Phi) is 4.51. The molecule has 1 N–H and O–H groups in total. The van der Waals surface area contributed by atoms with Gasteiger partial charge in [0.05, 0.1) is 0 Å². The van der Waals surface area contributed by atoms with Gasteiger partial charge in [-0.15, -0.1) is 0 Å². The van der Waals surface area contributed by atoms with Gasteiger partial charge in [-0.05, 0) is 64.3 Å². The van der Waals surface area contributed by atoms with Crippen LogP contribution in [0.1, 0.15) is 39.2 Å². The Hall–Kier alpha value is -1.02. The third-order valence-corrected chi connectivity index (χ3v) is 4.44. The number of anilines is 1. The largest absolute Gasteiger partial charge is 0.366 e. The van der Waals surface area contributed by atoms with Gasteiger partial charge in [0, 0.05) is 17.8 Å². The molecule has 1 unspecified atom stereocenters. The summed E-state index contributed by atoms with van der Waals surface area (Å²) in [7, 11) is 2.06. The molecule has 1 aromatic rings. The van der Waals surface area contributed by atoms with Crippen LogP contribution < -0.4 is 10.2 Å². The van der Waals surface area contributed by atoms with Crippen LogP contribution in [-0.4, -0.2) is 25.7 Å². The zero-order chi connectivity index (χ0) is 13.9. The van der Waals surface area contributed by atoms with Crippen molar-refractivity contribution < 1.29 is 0 Å². The number of benzene rings is 1. The lowest BCUT2D eigenvalue weighted by Crippen LogP contribution is -2.51. The van der Waals surface area contributed by atoms with Gasteiger partial charge >= 0.3 is 0 Å². The highest BCUT2D eigenvalue weighted by molar-refractivity contribution is 5.56. The Morgan fingerprint density at radius 1 is 1.32 bits per heavy atom. The summed E-state index contributed by atoms with van der Waals surface area (Å²) in [4.78, 5) is 2.62. The van der Waals surface area contributed by atoms with Crippen LogP contribution in [0.5, 0.6) is 0 Å². The molecular formula is C17H28N2. The summed E-state index contributed by atoms with van der Waals surface area (Å²) in [6, 6.07) is 8.89. The molecule has 0 saturated carbocycles. The van der Waals surface area contributed by atoms with E-state index in [1.54, 1.807) is 0 Å². The van der Waals surface area contributed by atoms with Crippen LogP contribution in [0.25, 0.3) is 0 Å². The quantitative estimate of drug-likeness (QED) is 0.892. The Labute approximate surface area is 118 Å². The van der Waals surface area contributed by atoms with E-state index < -0.39 is 0 Å². The first kappa shape index (κ1) is 14.4. The van der Waals surface area contributed by atoms with Crippen LogP contribution in [-0.2, 0) is 6.42 Å². The molecule has 106 valence electrons. The maximum Gasteiger partial charge on any atom is 0.0403 e. The lowest BCUT2D eigenvalue weighted by atomic mass is 9.82. The van der Waals surface area contributed by atoms with Crippen molar-refractivity contribution in [2.75, 3.05) is 25.0 Å². The smallest absolute Gasteiger partial charge is 0.0403 e. The predicted molar refractivity (Wildman–Crippen MR) is 83.9 cm³/mol. The maximum atomic E-state index is 3.33. The zero-order valence-electron chi connectivity index (χ0n) is 12.9. The second kappa shape index (κ2) is 5.96. The maximum absolute atomic E-state index is 3.33. The monoisotopic (exact) mass is 260 g/mol. The second-order valence-corrected chi connectivity index (χ2v) is 6.36. The average molecular weight is 260 g/mol. The highest BCUT2D eigenvalue weighted by atomic mass is 15.2. The normalized spacial score (nSPS) is 22.5. The van der Waals surface area contributed by atoms with Crippen LogP contribution in [0.3, 0.4) is 0 Å². The van der Waals surface area contributed by atoms with Crippen molar-refractivity contribution >= 4 is 5.69 Å². The molecule has 1 aliphatic rings. The predicted octanol–water partition coefficient (Wildman–Crippen LogP) is 3.46. The van der Waals surface area contributed by atoms with Gasteiger partial charge in [-0.1, -0.05) is 25.1 Å². The van der Waals surface area contributed by atoms with Crippen LogP contribution in [0.2, 0.25) is 0 Å². The Bertz CT molecular complexity index is 411. The van der Waals surface area contributed by atoms with Crippen LogP contribution >= 0.6 is 0 Å². The molecule has 19 heavy (non-hydrogen) atoms. The minimum absolute atomic E-state index is 0.255. The van der Waals surface area contributed by atoms with Crippen molar-refractivity contribution in [3.8, 4) is 0 Å². The number of hydrogen-bond acceptors (Lipinski definition) is 2. The van der Waals surface area contributed by atoms with E-state index in [2.05, 4.69) is 62.3 Å². The van der Waals surface area contributed by atoms with Gasteiger partial charge in [-0.25, -0.2) is 0 Å². The number of aryl methyl sites for hydroxylation is 1. The minimum atomic E-state index is 0.255. The van der Waals surface area contributed by atoms with Crippen LogP contribution in [0.15, 0.2) is 24.3 Å². The number of piperidine rings is 1. The molecule has 1 atom stereocenters. The molecule has 0 amide bonds. The highest BCUT2D eigenvalue weighted by Gasteiger charge is 2.35. The molecule has 0 radical (unpaired) electrons. The number of nitrogens with one attached hydrogen (secondary N) is 1. The summed E-state index contributed by atoms with van der Waals surface area (Å²) in [5.41, 5.74) is 3.17. The molecule has 2 rings (SSSR count). The zero-order valence-corrected chi connectivity index (χ0v) is 12.9. The van der Waals surface area contributed by atoms with Crippen molar-refractivity contribution in [2.45, 2.75) is 45.6 Å². The van der Waals surface area contributed by atoms with E-state index in [0.717, 1.165) is 18.9 Å². The lowest BCUT2D eigenvalue weighted by Gasteiger charge is -2.48. The van der Waals surface area contributed by atoms with Gasteiger partial charge in [0.1, 0.15) is 0 Å². The van der Waals surface area contributed by atoms with Gasteiger partial charge in [0.25, 0.3) is 0 Å². The molecule has 1 heterocycles. The van der Waals surface area contributed by atoms with Crippen molar-refractivity contribution in [1.82, 2.24) is 5.32 Å². The second-order valence-electron chi connectivity index (χ2n) is 6.36. The van der Waals surface area contributed by atoms with Gasteiger partial charge < -0.3 is 10.2 Å². The Morgan fingerprint density at radius 3 is 2.68 bits per heavy atom. The molecule has 0 spiro atoms. The third kappa shape index (κ3) is 3.11. The van der Waals surface area contributed by atoms with E-state index in [1.165, 1.54) is 30.6 Å². The summed E-state index contributed by atoms with van der Waals surface area (Å²) in [6.45, 7) is 9.35. The first-order chi connectivity index (χ1) is 9.08. The minimum Gasteiger partial charge on any atom is -0.366 e. The number of hydrogen-bond donors (Lipinski definition) is 1. The summed E-state index contributed by atoms with van der Waals surface area (Å²) in [6.07, 6.45) is 3.68. The Morgan fingerprint density at radius 2 is 2.05 bits per heavy atom.